The zero-order valence-electron chi connectivity index (χ0n) is 11.2. The molecule has 0 atom stereocenters. The molecule has 1 heterocycles. The van der Waals surface area contributed by atoms with Crippen LogP contribution in [0.4, 0.5) is 5.82 Å². The average molecular weight is 304 g/mol. The Morgan fingerprint density at radius 2 is 2.00 bits per heavy atom. The van der Waals surface area contributed by atoms with Crippen LogP contribution in [0.15, 0.2) is 39.3 Å². The minimum atomic E-state index is 0.646. The Bertz CT molecular complexity index is 608. The lowest BCUT2D eigenvalue weighted by Gasteiger charge is -2.07. The Morgan fingerprint density at radius 3 is 2.80 bits per heavy atom. The van der Waals surface area contributed by atoms with Crippen LogP contribution in [0.5, 0.6) is 0 Å². The second-order valence-electron chi connectivity index (χ2n) is 4.61. The molecule has 6 heteroatoms. The summed E-state index contributed by atoms with van der Waals surface area (Å²) >= 11 is 3.16. The van der Waals surface area contributed by atoms with Gasteiger partial charge in [0.2, 0.25) is 0 Å². The summed E-state index contributed by atoms with van der Waals surface area (Å²) in [4.78, 5) is 10.0. The fourth-order valence-electron chi connectivity index (χ4n) is 2.35. The standard InChI is InChI=1S/C14H16N4S2/c1-19-14-16-12(18-15)8-13(17-14)20-11-6-5-9-3-2-4-10(9)7-11/h5-8H,2-4,15H2,1H3,(H,16,17,18). The lowest BCUT2D eigenvalue weighted by atomic mass is 10.1. The molecule has 1 aromatic heterocycles. The minimum Gasteiger partial charge on any atom is -0.308 e. The van der Waals surface area contributed by atoms with Gasteiger partial charge in [0.15, 0.2) is 5.16 Å². The molecule has 0 radical (unpaired) electrons. The predicted octanol–water partition coefficient (Wildman–Crippen LogP) is 3.12. The molecule has 0 unspecified atom stereocenters. The van der Waals surface area contributed by atoms with Gasteiger partial charge in [-0.2, -0.15) is 0 Å². The number of nitrogens with one attached hydrogen (secondary N) is 1. The Balaban J connectivity index is 1.87. The lowest BCUT2D eigenvalue weighted by molar-refractivity contribution is 0.893. The fourth-order valence-corrected chi connectivity index (χ4v) is 3.67. The van der Waals surface area contributed by atoms with Crippen LogP contribution in [-0.4, -0.2) is 16.2 Å². The molecule has 0 spiro atoms. The van der Waals surface area contributed by atoms with E-state index in [1.165, 1.54) is 47.0 Å². The molecule has 3 rings (SSSR count). The average Bonchev–Trinajstić information content (AvgIpc) is 2.94. The van der Waals surface area contributed by atoms with E-state index in [1.807, 2.05) is 12.3 Å². The first-order valence-electron chi connectivity index (χ1n) is 6.48. The summed E-state index contributed by atoms with van der Waals surface area (Å²) in [5.74, 6) is 6.10. The number of hydrogen-bond donors (Lipinski definition) is 2. The molecule has 0 bridgehead atoms. The molecular formula is C14H16N4S2. The monoisotopic (exact) mass is 304 g/mol. The molecule has 0 amide bonds. The SMILES string of the molecule is CSc1nc(NN)cc(Sc2ccc3c(c2)CCC3)n1. The molecule has 0 fully saturated rings. The van der Waals surface area contributed by atoms with Gasteiger partial charge >= 0.3 is 0 Å². The number of anilines is 1. The molecule has 3 N–H and O–H groups in total. The molecule has 0 saturated heterocycles. The first kappa shape index (κ1) is 13.7. The highest BCUT2D eigenvalue weighted by Gasteiger charge is 2.12. The largest absolute Gasteiger partial charge is 0.308 e. The fraction of sp³-hybridized carbons (Fsp3) is 0.286. The van der Waals surface area contributed by atoms with Crippen LogP contribution in [0.3, 0.4) is 0 Å². The van der Waals surface area contributed by atoms with E-state index in [2.05, 4.69) is 33.6 Å². The zero-order chi connectivity index (χ0) is 13.9. The lowest BCUT2D eigenvalue weighted by Crippen LogP contribution is -2.09. The highest BCUT2D eigenvalue weighted by molar-refractivity contribution is 7.99. The van der Waals surface area contributed by atoms with Crippen LogP contribution >= 0.6 is 23.5 Å². The van der Waals surface area contributed by atoms with E-state index in [-0.39, 0.29) is 0 Å². The second-order valence-corrected chi connectivity index (χ2v) is 6.48. The van der Waals surface area contributed by atoms with Gasteiger partial charge in [0.1, 0.15) is 10.8 Å². The topological polar surface area (TPSA) is 63.8 Å². The van der Waals surface area contributed by atoms with E-state index in [9.17, 15) is 0 Å². The van der Waals surface area contributed by atoms with Crippen LogP contribution in [0, 0.1) is 0 Å². The molecule has 1 aromatic carbocycles. The highest BCUT2D eigenvalue weighted by atomic mass is 32.2. The highest BCUT2D eigenvalue weighted by Crippen LogP contribution is 2.32. The van der Waals surface area contributed by atoms with Crippen molar-refractivity contribution in [3.8, 4) is 0 Å². The number of nitrogens with zero attached hydrogens (tertiary/aromatic N) is 2. The zero-order valence-corrected chi connectivity index (χ0v) is 12.9. The molecule has 20 heavy (non-hydrogen) atoms. The number of hydrogen-bond acceptors (Lipinski definition) is 6. The van der Waals surface area contributed by atoms with E-state index in [4.69, 9.17) is 5.84 Å². The number of aryl methyl sites for hydroxylation is 2. The number of fused-ring (bicyclic) bond motifs is 1. The number of aromatic nitrogens is 2. The summed E-state index contributed by atoms with van der Waals surface area (Å²) in [5, 5.41) is 1.64. The number of benzene rings is 1. The summed E-state index contributed by atoms with van der Waals surface area (Å²) in [7, 11) is 0. The van der Waals surface area contributed by atoms with Crippen LogP contribution < -0.4 is 11.3 Å². The molecule has 0 aliphatic heterocycles. The van der Waals surface area contributed by atoms with E-state index in [0.29, 0.717) is 5.82 Å². The van der Waals surface area contributed by atoms with Crippen molar-refractivity contribution in [3.63, 3.8) is 0 Å². The maximum absolute atomic E-state index is 5.45. The van der Waals surface area contributed by atoms with Crippen LogP contribution in [0.1, 0.15) is 17.5 Å². The number of nitrogens with two attached hydrogens (primary N) is 1. The van der Waals surface area contributed by atoms with Gasteiger partial charge in [-0.3, -0.25) is 0 Å². The van der Waals surface area contributed by atoms with E-state index < -0.39 is 0 Å². The maximum atomic E-state index is 5.45. The quantitative estimate of drug-likeness (QED) is 0.297. The summed E-state index contributed by atoms with van der Waals surface area (Å²) in [5.41, 5.74) is 5.56. The van der Waals surface area contributed by atoms with Crippen molar-refractivity contribution in [1.82, 2.24) is 9.97 Å². The first-order valence-corrected chi connectivity index (χ1v) is 8.52. The number of thioether (sulfide) groups is 1. The third-order valence-corrected chi connectivity index (χ3v) is 4.76. The van der Waals surface area contributed by atoms with E-state index in [0.717, 1.165) is 10.2 Å². The molecular weight excluding hydrogens is 288 g/mol. The van der Waals surface area contributed by atoms with Gasteiger partial charge in [-0.25, -0.2) is 15.8 Å². The van der Waals surface area contributed by atoms with Crippen LogP contribution in [0.2, 0.25) is 0 Å². The van der Waals surface area contributed by atoms with Crippen molar-refractivity contribution < 1.29 is 0 Å². The Labute approximate surface area is 126 Å². The molecule has 1 aliphatic carbocycles. The van der Waals surface area contributed by atoms with E-state index in [1.54, 1.807) is 11.8 Å². The van der Waals surface area contributed by atoms with Gasteiger partial charge < -0.3 is 5.43 Å². The van der Waals surface area contributed by atoms with Gasteiger partial charge in [0.05, 0.1) is 0 Å². The molecule has 1 aliphatic rings. The normalized spacial score (nSPS) is 13.3. The summed E-state index contributed by atoms with van der Waals surface area (Å²) < 4.78 is 0. The molecule has 4 nitrogen and oxygen atoms in total. The van der Waals surface area contributed by atoms with Crippen molar-refractivity contribution in [2.75, 3.05) is 11.7 Å². The Hall–Kier alpha value is -1.24. The summed E-state index contributed by atoms with van der Waals surface area (Å²) in [6.07, 6.45) is 5.64. The van der Waals surface area contributed by atoms with Crippen LogP contribution in [0.25, 0.3) is 0 Å². The Morgan fingerprint density at radius 1 is 1.15 bits per heavy atom. The van der Waals surface area contributed by atoms with E-state index >= 15 is 0 Å². The predicted molar refractivity (Wildman–Crippen MR) is 84.2 cm³/mol. The second kappa shape index (κ2) is 6.03. The smallest absolute Gasteiger partial charge is 0.190 e. The van der Waals surface area contributed by atoms with Crippen molar-refractivity contribution in [1.29, 1.82) is 0 Å². The summed E-state index contributed by atoms with van der Waals surface area (Å²) in [6, 6.07) is 8.57. The third-order valence-electron chi connectivity index (χ3n) is 3.30. The van der Waals surface area contributed by atoms with Crippen molar-refractivity contribution in [2.45, 2.75) is 34.3 Å². The molecule has 104 valence electrons. The number of nitrogen functional groups attached to an aromatic ring is 1. The minimum absolute atomic E-state index is 0.646. The first-order chi connectivity index (χ1) is 9.78. The van der Waals surface area contributed by atoms with Gasteiger partial charge in [-0.15, -0.1) is 0 Å². The Kier molecular flexibility index (Phi) is 4.14. The van der Waals surface area contributed by atoms with Gasteiger partial charge in [-0.1, -0.05) is 29.6 Å². The van der Waals surface area contributed by atoms with Gasteiger partial charge in [-0.05, 0) is 48.8 Å². The third kappa shape index (κ3) is 2.92. The van der Waals surface area contributed by atoms with Crippen molar-refractivity contribution in [3.05, 3.63) is 35.4 Å². The summed E-state index contributed by atoms with van der Waals surface area (Å²) in [6.45, 7) is 0. The van der Waals surface area contributed by atoms with Gasteiger partial charge in [0.25, 0.3) is 0 Å². The number of hydrazine groups is 1. The molecule has 0 saturated carbocycles. The van der Waals surface area contributed by atoms with Crippen molar-refractivity contribution in [2.24, 2.45) is 5.84 Å². The van der Waals surface area contributed by atoms with Gasteiger partial charge in [0, 0.05) is 11.0 Å². The van der Waals surface area contributed by atoms with Crippen molar-refractivity contribution >= 4 is 29.3 Å². The maximum Gasteiger partial charge on any atom is 0.190 e. The van der Waals surface area contributed by atoms with Crippen LogP contribution in [-0.2, 0) is 12.8 Å². The molecule has 2 aromatic rings. The number of rotatable bonds is 4.